The van der Waals surface area contributed by atoms with Crippen LogP contribution in [-0.2, 0) is 35.3 Å². The van der Waals surface area contributed by atoms with Crippen LogP contribution in [0.25, 0.3) is 0 Å². The van der Waals surface area contributed by atoms with Gasteiger partial charge >= 0.3 is 0 Å². The Kier molecular flexibility index (Phi) is 6.80. The molecule has 1 atom stereocenters. The number of aromatic nitrogens is 4. The first-order valence-electron chi connectivity index (χ1n) is 11.3. The Morgan fingerprint density at radius 2 is 2.30 bits per heavy atom. The van der Waals surface area contributed by atoms with Crippen LogP contribution in [0.1, 0.15) is 53.2 Å². The molecule has 0 bridgehead atoms. The Labute approximate surface area is 200 Å². The number of thioether (sulfide) groups is 1. The van der Waals surface area contributed by atoms with Gasteiger partial charge in [-0.3, -0.25) is 9.89 Å². The van der Waals surface area contributed by atoms with E-state index < -0.39 is 0 Å². The first kappa shape index (κ1) is 22.2. The van der Waals surface area contributed by atoms with Crippen molar-refractivity contribution >= 4 is 34.8 Å². The predicted octanol–water partition coefficient (Wildman–Crippen LogP) is 3.92. The number of aromatic amines is 1. The van der Waals surface area contributed by atoms with Crippen molar-refractivity contribution < 1.29 is 9.53 Å². The van der Waals surface area contributed by atoms with Crippen LogP contribution in [0.2, 0.25) is 0 Å². The van der Waals surface area contributed by atoms with Gasteiger partial charge in [0, 0.05) is 23.6 Å². The molecule has 3 aromatic rings. The average Bonchev–Trinajstić information content (AvgIpc) is 3.62. The monoisotopic (exact) mass is 482 g/mol. The number of hydrogen-bond donors (Lipinski definition) is 2. The fourth-order valence-electron chi connectivity index (χ4n) is 4.61. The van der Waals surface area contributed by atoms with Gasteiger partial charge in [-0.1, -0.05) is 17.8 Å². The van der Waals surface area contributed by atoms with Gasteiger partial charge in [-0.2, -0.15) is 5.26 Å². The van der Waals surface area contributed by atoms with E-state index in [0.717, 1.165) is 56.5 Å². The molecular formula is C23H26N6O2S2. The van der Waals surface area contributed by atoms with Gasteiger partial charge in [-0.25, -0.2) is 4.98 Å². The van der Waals surface area contributed by atoms with Gasteiger partial charge in [0.15, 0.2) is 0 Å². The van der Waals surface area contributed by atoms with Crippen LogP contribution >= 0.6 is 23.1 Å². The molecule has 3 aromatic heterocycles. The van der Waals surface area contributed by atoms with Crippen molar-refractivity contribution in [2.24, 2.45) is 0 Å². The standard InChI is InChI=1S/C23H26N6O2S2/c24-12-18-17-7-1-2-8-19(17)29(13-15-5-3-9-31-15)22(18)26-21(30)14-33-23-25-20(27-28-23)11-16-6-4-10-32-16/h4,6,10,15H,1-3,5,7-9,11,13-14H2,(H,26,30)(H,25,27,28). The lowest BCUT2D eigenvalue weighted by molar-refractivity contribution is -0.113. The lowest BCUT2D eigenvalue weighted by Crippen LogP contribution is -2.23. The van der Waals surface area contributed by atoms with Crippen molar-refractivity contribution in [3.8, 4) is 6.07 Å². The quantitative estimate of drug-likeness (QED) is 0.471. The second-order valence-corrected chi connectivity index (χ2v) is 10.3. The van der Waals surface area contributed by atoms with Crippen molar-refractivity contribution in [2.45, 2.75) is 62.8 Å². The third-order valence-electron chi connectivity index (χ3n) is 6.12. The number of carbonyl (C=O) groups is 1. The minimum atomic E-state index is -0.162. The Bertz CT molecular complexity index is 1150. The van der Waals surface area contributed by atoms with Gasteiger partial charge in [0.25, 0.3) is 0 Å². The molecule has 1 unspecified atom stereocenters. The van der Waals surface area contributed by atoms with Crippen molar-refractivity contribution in [3.05, 3.63) is 45.0 Å². The average molecular weight is 483 g/mol. The predicted molar refractivity (Wildman–Crippen MR) is 128 cm³/mol. The number of hydrogen-bond acceptors (Lipinski definition) is 7. The van der Waals surface area contributed by atoms with Crippen LogP contribution in [0.3, 0.4) is 0 Å². The molecule has 1 fully saturated rings. The molecule has 1 saturated heterocycles. The van der Waals surface area contributed by atoms with Gasteiger partial charge in [-0.05, 0) is 55.5 Å². The number of H-pyrrole nitrogens is 1. The number of nitrogens with one attached hydrogen (secondary N) is 2. The zero-order chi connectivity index (χ0) is 22.6. The molecule has 8 nitrogen and oxygen atoms in total. The van der Waals surface area contributed by atoms with Gasteiger partial charge in [-0.15, -0.1) is 16.4 Å². The molecular weight excluding hydrogens is 456 g/mol. The molecule has 2 aliphatic rings. The zero-order valence-electron chi connectivity index (χ0n) is 18.3. The number of fused-ring (bicyclic) bond motifs is 1. The Morgan fingerprint density at radius 3 is 3.09 bits per heavy atom. The second-order valence-electron chi connectivity index (χ2n) is 8.37. The fraction of sp³-hybridized carbons (Fsp3) is 0.478. The molecule has 1 amide bonds. The van der Waals surface area contributed by atoms with E-state index in [2.05, 4.69) is 37.2 Å². The normalized spacial score (nSPS) is 17.6. The number of amides is 1. The molecule has 4 heterocycles. The summed E-state index contributed by atoms with van der Waals surface area (Å²) in [4.78, 5) is 18.6. The maximum absolute atomic E-state index is 12.9. The van der Waals surface area contributed by atoms with E-state index in [9.17, 15) is 10.1 Å². The number of ether oxygens (including phenoxy) is 1. The number of nitrogens with zero attached hydrogens (tertiary/aromatic N) is 4. The highest BCUT2D eigenvalue weighted by molar-refractivity contribution is 7.99. The number of anilines is 1. The molecule has 2 N–H and O–H groups in total. The highest BCUT2D eigenvalue weighted by Gasteiger charge is 2.28. The van der Waals surface area contributed by atoms with Crippen molar-refractivity contribution in [3.63, 3.8) is 0 Å². The van der Waals surface area contributed by atoms with E-state index in [1.807, 2.05) is 11.4 Å². The summed E-state index contributed by atoms with van der Waals surface area (Å²) >= 11 is 2.97. The largest absolute Gasteiger partial charge is 0.376 e. The van der Waals surface area contributed by atoms with E-state index in [4.69, 9.17) is 4.74 Å². The fourth-order valence-corrected chi connectivity index (χ4v) is 5.94. The highest BCUT2D eigenvalue weighted by Crippen LogP contribution is 2.34. The molecule has 172 valence electrons. The van der Waals surface area contributed by atoms with E-state index in [1.165, 1.54) is 22.3 Å². The van der Waals surface area contributed by atoms with E-state index >= 15 is 0 Å². The number of thiophene rings is 1. The molecule has 10 heteroatoms. The summed E-state index contributed by atoms with van der Waals surface area (Å²) in [6, 6.07) is 6.43. The summed E-state index contributed by atoms with van der Waals surface area (Å²) in [7, 11) is 0. The van der Waals surface area contributed by atoms with E-state index in [-0.39, 0.29) is 17.8 Å². The molecule has 5 rings (SSSR count). The molecule has 33 heavy (non-hydrogen) atoms. The lowest BCUT2D eigenvalue weighted by atomic mass is 9.95. The summed E-state index contributed by atoms with van der Waals surface area (Å²) < 4.78 is 7.99. The zero-order valence-corrected chi connectivity index (χ0v) is 19.9. The first-order valence-corrected chi connectivity index (χ1v) is 13.2. The number of carbonyl (C=O) groups excluding carboxylic acids is 1. The van der Waals surface area contributed by atoms with Crippen LogP contribution in [0.5, 0.6) is 0 Å². The minimum absolute atomic E-state index is 0.134. The van der Waals surface area contributed by atoms with Crippen molar-refractivity contribution in [2.75, 3.05) is 17.7 Å². The summed E-state index contributed by atoms with van der Waals surface area (Å²) in [5.41, 5.74) is 2.89. The van der Waals surface area contributed by atoms with Gasteiger partial charge in [0.1, 0.15) is 17.7 Å². The summed E-state index contributed by atoms with van der Waals surface area (Å²) in [5, 5.41) is 22.7. The molecule has 0 radical (unpaired) electrons. The second kappa shape index (κ2) is 10.1. The summed E-state index contributed by atoms with van der Waals surface area (Å²) in [6.07, 6.45) is 6.91. The molecule has 0 spiro atoms. The van der Waals surface area contributed by atoms with Crippen LogP contribution in [0, 0.1) is 11.3 Å². The van der Waals surface area contributed by atoms with E-state index in [0.29, 0.717) is 29.5 Å². The minimum Gasteiger partial charge on any atom is -0.376 e. The maximum Gasteiger partial charge on any atom is 0.235 e. The van der Waals surface area contributed by atoms with Gasteiger partial charge in [0.05, 0.1) is 24.0 Å². The molecule has 1 aliphatic carbocycles. The number of nitriles is 1. The van der Waals surface area contributed by atoms with Gasteiger partial charge in [0.2, 0.25) is 11.1 Å². The SMILES string of the molecule is N#Cc1c2c(n(CC3CCCO3)c1NC(=O)CSc1n[nH]c(Cc3cccs3)n1)CCCC2. The third kappa shape index (κ3) is 5.00. The van der Waals surface area contributed by atoms with Crippen LogP contribution in [0.15, 0.2) is 22.7 Å². The highest BCUT2D eigenvalue weighted by atomic mass is 32.2. The summed E-state index contributed by atoms with van der Waals surface area (Å²) in [6.45, 7) is 1.46. The lowest BCUT2D eigenvalue weighted by Gasteiger charge is -2.19. The summed E-state index contributed by atoms with van der Waals surface area (Å²) in [5.74, 6) is 1.42. The smallest absolute Gasteiger partial charge is 0.235 e. The third-order valence-corrected chi connectivity index (χ3v) is 7.84. The number of rotatable bonds is 8. The molecule has 0 saturated carbocycles. The van der Waals surface area contributed by atoms with Crippen LogP contribution in [0.4, 0.5) is 5.82 Å². The van der Waals surface area contributed by atoms with Gasteiger partial charge < -0.3 is 14.6 Å². The van der Waals surface area contributed by atoms with Crippen molar-refractivity contribution in [1.82, 2.24) is 19.7 Å². The maximum atomic E-state index is 12.9. The Morgan fingerprint density at radius 1 is 1.39 bits per heavy atom. The Hall–Kier alpha value is -2.61. The van der Waals surface area contributed by atoms with Crippen molar-refractivity contribution in [1.29, 1.82) is 5.26 Å². The van der Waals surface area contributed by atoms with Crippen LogP contribution in [-0.4, -0.2) is 44.1 Å². The molecule has 0 aromatic carbocycles. The molecule has 1 aliphatic heterocycles. The van der Waals surface area contributed by atoms with E-state index in [1.54, 1.807) is 11.3 Å². The van der Waals surface area contributed by atoms with Crippen LogP contribution < -0.4 is 5.32 Å². The topological polar surface area (TPSA) is 109 Å². The Balaban J connectivity index is 1.28. The first-order chi connectivity index (χ1) is 16.2.